The maximum Gasteiger partial charge on any atom is 0.288 e. The van der Waals surface area contributed by atoms with Crippen LogP contribution in [0.15, 0.2) is 78.2 Å². The summed E-state index contributed by atoms with van der Waals surface area (Å²) in [4.78, 5) is 25.9. The van der Waals surface area contributed by atoms with Crippen LogP contribution in [0.5, 0.6) is 5.75 Å². The van der Waals surface area contributed by atoms with E-state index in [1.807, 2.05) is 47.8 Å². The molecule has 3 N–H and O–H groups in total. The molecule has 8 heteroatoms. The van der Waals surface area contributed by atoms with Crippen LogP contribution in [0.4, 0.5) is 0 Å². The van der Waals surface area contributed by atoms with Gasteiger partial charge in [-0.2, -0.15) is 5.10 Å². The Morgan fingerprint density at radius 3 is 2.41 bits per heavy atom. The van der Waals surface area contributed by atoms with Crippen molar-refractivity contribution in [2.75, 3.05) is 0 Å². The number of phenolic OH excluding ortho intramolecular Hbond substituents is 1. The van der Waals surface area contributed by atoms with Crippen molar-refractivity contribution in [1.82, 2.24) is 20.6 Å². The fraction of sp³-hybridized carbons (Fsp3) is 0. The van der Waals surface area contributed by atoms with Crippen molar-refractivity contribution in [3.8, 4) is 22.0 Å². The van der Waals surface area contributed by atoms with Crippen LogP contribution in [-0.2, 0) is 0 Å². The maximum atomic E-state index is 12.8. The standard InChI is InChI=1S/C21H16N4O3S/c26-16-9-4-6-14(12-16)20(27)22-23-21(28)18-13-17(19-10-5-11-29-19)24-25(18)15-7-2-1-3-8-15/h1-13,26H,(H,22,27)(H,23,28). The number of hydrogen-bond donors (Lipinski definition) is 3. The molecule has 2 amide bonds. The van der Waals surface area contributed by atoms with E-state index in [-0.39, 0.29) is 17.0 Å². The normalized spacial score (nSPS) is 10.5. The van der Waals surface area contributed by atoms with Crippen molar-refractivity contribution in [3.63, 3.8) is 0 Å². The molecule has 7 nitrogen and oxygen atoms in total. The number of aromatic nitrogens is 2. The first-order valence-electron chi connectivity index (χ1n) is 8.71. The lowest BCUT2D eigenvalue weighted by Gasteiger charge is -2.09. The van der Waals surface area contributed by atoms with Crippen LogP contribution < -0.4 is 10.9 Å². The van der Waals surface area contributed by atoms with E-state index in [4.69, 9.17) is 0 Å². The first kappa shape index (κ1) is 18.5. The maximum absolute atomic E-state index is 12.8. The summed E-state index contributed by atoms with van der Waals surface area (Å²) in [7, 11) is 0. The fourth-order valence-electron chi connectivity index (χ4n) is 2.75. The lowest BCUT2D eigenvalue weighted by Crippen LogP contribution is -2.42. The van der Waals surface area contributed by atoms with E-state index < -0.39 is 11.8 Å². The monoisotopic (exact) mass is 404 g/mol. The van der Waals surface area contributed by atoms with Crippen LogP contribution in [0.25, 0.3) is 16.3 Å². The molecule has 0 radical (unpaired) electrons. The number of hydrazine groups is 1. The summed E-state index contributed by atoms with van der Waals surface area (Å²) in [5.41, 5.74) is 6.65. The Bertz CT molecular complexity index is 1150. The smallest absolute Gasteiger partial charge is 0.288 e. The van der Waals surface area contributed by atoms with Crippen LogP contribution >= 0.6 is 11.3 Å². The molecule has 2 aromatic carbocycles. The first-order chi connectivity index (χ1) is 14.1. The van der Waals surface area contributed by atoms with Gasteiger partial charge in [0.25, 0.3) is 11.8 Å². The van der Waals surface area contributed by atoms with Gasteiger partial charge in [0, 0.05) is 5.56 Å². The minimum atomic E-state index is -0.543. The van der Waals surface area contributed by atoms with Crippen LogP contribution in [0.2, 0.25) is 0 Å². The number of carbonyl (C=O) groups is 2. The van der Waals surface area contributed by atoms with Gasteiger partial charge in [0.05, 0.1) is 10.6 Å². The van der Waals surface area contributed by atoms with Gasteiger partial charge in [-0.1, -0.05) is 30.3 Å². The van der Waals surface area contributed by atoms with E-state index >= 15 is 0 Å². The number of para-hydroxylation sites is 1. The van der Waals surface area contributed by atoms with Crippen LogP contribution in [0, 0.1) is 0 Å². The largest absolute Gasteiger partial charge is 0.508 e. The highest BCUT2D eigenvalue weighted by molar-refractivity contribution is 7.13. The third-order valence-corrected chi connectivity index (χ3v) is 5.01. The van der Waals surface area contributed by atoms with Gasteiger partial charge in [0.2, 0.25) is 0 Å². The van der Waals surface area contributed by atoms with Crippen molar-refractivity contribution in [1.29, 1.82) is 0 Å². The van der Waals surface area contributed by atoms with E-state index in [9.17, 15) is 14.7 Å². The lowest BCUT2D eigenvalue weighted by molar-refractivity contribution is 0.0842. The second kappa shape index (κ2) is 7.99. The molecular formula is C21H16N4O3S. The molecule has 2 heterocycles. The molecule has 144 valence electrons. The topological polar surface area (TPSA) is 96.3 Å². The average Bonchev–Trinajstić information content (AvgIpc) is 3.42. The molecule has 4 aromatic rings. The van der Waals surface area contributed by atoms with Crippen molar-refractivity contribution in [2.45, 2.75) is 0 Å². The SMILES string of the molecule is O=C(NNC(=O)c1cc(-c2cccs2)nn1-c1ccccc1)c1cccc(O)c1. The van der Waals surface area contributed by atoms with Gasteiger partial charge in [0.1, 0.15) is 17.1 Å². The number of thiophene rings is 1. The number of nitrogens with zero attached hydrogens (tertiary/aromatic N) is 2. The molecule has 0 aliphatic rings. The third kappa shape index (κ3) is 4.02. The average molecular weight is 404 g/mol. The molecule has 0 aliphatic carbocycles. The highest BCUT2D eigenvalue weighted by Crippen LogP contribution is 2.25. The minimum Gasteiger partial charge on any atom is -0.508 e. The van der Waals surface area contributed by atoms with Gasteiger partial charge in [-0.3, -0.25) is 20.4 Å². The molecule has 0 spiro atoms. The van der Waals surface area contributed by atoms with Gasteiger partial charge in [-0.15, -0.1) is 11.3 Å². The summed E-state index contributed by atoms with van der Waals surface area (Å²) in [5, 5.41) is 16.0. The highest BCUT2D eigenvalue weighted by atomic mass is 32.1. The molecule has 4 rings (SSSR count). The van der Waals surface area contributed by atoms with E-state index in [1.54, 1.807) is 12.1 Å². The number of aromatic hydroxyl groups is 1. The summed E-state index contributed by atoms with van der Waals surface area (Å²) in [5.74, 6) is -1.09. The van der Waals surface area contributed by atoms with Crippen LogP contribution in [-0.4, -0.2) is 26.7 Å². The van der Waals surface area contributed by atoms with E-state index in [2.05, 4.69) is 16.0 Å². The summed E-state index contributed by atoms with van der Waals surface area (Å²) in [6.45, 7) is 0. The lowest BCUT2D eigenvalue weighted by atomic mass is 10.2. The highest BCUT2D eigenvalue weighted by Gasteiger charge is 2.19. The number of carbonyl (C=O) groups excluding carboxylic acids is 2. The molecule has 0 bridgehead atoms. The van der Waals surface area contributed by atoms with Gasteiger partial charge >= 0.3 is 0 Å². The van der Waals surface area contributed by atoms with Gasteiger partial charge in [0.15, 0.2) is 0 Å². The number of benzene rings is 2. The fourth-order valence-corrected chi connectivity index (χ4v) is 3.43. The number of hydrogen-bond acceptors (Lipinski definition) is 5. The van der Waals surface area contributed by atoms with Gasteiger partial charge in [-0.25, -0.2) is 4.68 Å². The Balaban J connectivity index is 1.59. The Hall–Kier alpha value is -3.91. The molecule has 2 aromatic heterocycles. The second-order valence-electron chi connectivity index (χ2n) is 6.10. The Labute approximate surface area is 170 Å². The zero-order valence-corrected chi connectivity index (χ0v) is 15.9. The zero-order chi connectivity index (χ0) is 20.2. The summed E-state index contributed by atoms with van der Waals surface area (Å²) >= 11 is 1.52. The van der Waals surface area contributed by atoms with Crippen molar-refractivity contribution >= 4 is 23.2 Å². The summed E-state index contributed by atoms with van der Waals surface area (Å²) in [6.07, 6.45) is 0. The van der Waals surface area contributed by atoms with Crippen LogP contribution in [0.1, 0.15) is 20.8 Å². The minimum absolute atomic E-state index is 0.0354. The molecule has 0 unspecified atom stereocenters. The summed E-state index contributed by atoms with van der Waals surface area (Å²) in [6, 6.07) is 20.6. The predicted molar refractivity (Wildman–Crippen MR) is 110 cm³/mol. The molecule has 0 fully saturated rings. The third-order valence-electron chi connectivity index (χ3n) is 4.11. The number of rotatable bonds is 4. The Morgan fingerprint density at radius 1 is 0.897 bits per heavy atom. The first-order valence-corrected chi connectivity index (χ1v) is 9.59. The number of amides is 2. The van der Waals surface area contributed by atoms with E-state index in [1.165, 1.54) is 34.2 Å². The summed E-state index contributed by atoms with van der Waals surface area (Å²) < 4.78 is 1.53. The molecule has 0 atom stereocenters. The Kier molecular flexibility index (Phi) is 5.08. The molecule has 0 saturated heterocycles. The van der Waals surface area contributed by atoms with E-state index in [0.29, 0.717) is 5.69 Å². The van der Waals surface area contributed by atoms with E-state index in [0.717, 1.165) is 10.6 Å². The van der Waals surface area contributed by atoms with Gasteiger partial charge < -0.3 is 5.11 Å². The molecule has 29 heavy (non-hydrogen) atoms. The van der Waals surface area contributed by atoms with Crippen molar-refractivity contribution < 1.29 is 14.7 Å². The number of phenols is 1. The predicted octanol–water partition coefficient (Wildman–Crippen LogP) is 3.38. The second-order valence-corrected chi connectivity index (χ2v) is 7.05. The molecular weight excluding hydrogens is 388 g/mol. The molecule has 0 saturated carbocycles. The molecule has 0 aliphatic heterocycles. The van der Waals surface area contributed by atoms with Gasteiger partial charge in [-0.05, 0) is 47.8 Å². The zero-order valence-electron chi connectivity index (χ0n) is 15.1. The van der Waals surface area contributed by atoms with Crippen LogP contribution in [0.3, 0.4) is 0 Å². The quantitative estimate of drug-likeness (QED) is 0.454. The Morgan fingerprint density at radius 2 is 1.69 bits per heavy atom. The van der Waals surface area contributed by atoms with Crippen molar-refractivity contribution in [3.05, 3.63) is 89.4 Å². The number of nitrogens with one attached hydrogen (secondary N) is 2. The van der Waals surface area contributed by atoms with Crippen molar-refractivity contribution in [2.24, 2.45) is 0 Å².